The zero-order valence-electron chi connectivity index (χ0n) is 13.5. The van der Waals surface area contributed by atoms with Crippen LogP contribution in [0.15, 0.2) is 51.7 Å². The first-order chi connectivity index (χ1) is 11.6. The molecule has 0 N–H and O–H groups in total. The van der Waals surface area contributed by atoms with Crippen LogP contribution in [0.4, 0.5) is 0 Å². The predicted octanol–water partition coefficient (Wildman–Crippen LogP) is 4.73. The molecular weight excluding hydrogens is 328 g/mol. The molecule has 0 aliphatic rings. The summed E-state index contributed by atoms with van der Waals surface area (Å²) < 4.78 is 16.6. The minimum Gasteiger partial charge on any atom is -0.493 e. The smallest absolute Gasteiger partial charge is 0.336 e. The van der Waals surface area contributed by atoms with Crippen LogP contribution >= 0.6 is 11.6 Å². The molecule has 0 spiro atoms. The van der Waals surface area contributed by atoms with Crippen molar-refractivity contribution in [3.8, 4) is 11.5 Å². The van der Waals surface area contributed by atoms with E-state index in [-0.39, 0.29) is 0 Å². The molecule has 124 valence electrons. The monoisotopic (exact) mass is 344 g/mol. The summed E-state index contributed by atoms with van der Waals surface area (Å²) in [5, 5.41) is 1.26. The van der Waals surface area contributed by atoms with Crippen molar-refractivity contribution in [1.29, 1.82) is 0 Å². The molecule has 2 aromatic carbocycles. The molecular formula is C19H17ClO4. The predicted molar refractivity (Wildman–Crippen MR) is 94.2 cm³/mol. The van der Waals surface area contributed by atoms with Gasteiger partial charge >= 0.3 is 5.63 Å². The highest BCUT2D eigenvalue weighted by Crippen LogP contribution is 2.32. The van der Waals surface area contributed by atoms with Crippen LogP contribution in [0.2, 0.25) is 5.02 Å². The van der Waals surface area contributed by atoms with Gasteiger partial charge in [-0.1, -0.05) is 29.8 Å². The number of hydrogen-bond donors (Lipinski definition) is 0. The molecule has 3 rings (SSSR count). The second-order valence-electron chi connectivity index (χ2n) is 5.36. The SMILES string of the molecule is CCOc1ccccc1COc1cc2oc(=O)cc(C)c2cc1Cl. The van der Waals surface area contributed by atoms with Crippen molar-refractivity contribution in [2.24, 2.45) is 0 Å². The Labute approximate surface area is 144 Å². The van der Waals surface area contributed by atoms with E-state index in [4.69, 9.17) is 25.5 Å². The Hall–Kier alpha value is -2.46. The Morgan fingerprint density at radius 2 is 1.88 bits per heavy atom. The number of hydrogen-bond acceptors (Lipinski definition) is 4. The summed E-state index contributed by atoms with van der Waals surface area (Å²) in [6.45, 7) is 4.66. The highest BCUT2D eigenvalue weighted by atomic mass is 35.5. The summed E-state index contributed by atoms with van der Waals surface area (Å²) in [5.74, 6) is 1.24. The van der Waals surface area contributed by atoms with Gasteiger partial charge in [0.15, 0.2) is 0 Å². The van der Waals surface area contributed by atoms with Gasteiger partial charge < -0.3 is 13.9 Å². The zero-order valence-corrected chi connectivity index (χ0v) is 14.2. The van der Waals surface area contributed by atoms with Crippen molar-refractivity contribution in [2.75, 3.05) is 6.61 Å². The summed E-state index contributed by atoms with van der Waals surface area (Å²) in [6.07, 6.45) is 0. The highest BCUT2D eigenvalue weighted by Gasteiger charge is 2.10. The second-order valence-corrected chi connectivity index (χ2v) is 5.76. The Balaban J connectivity index is 1.91. The molecule has 3 aromatic rings. The molecule has 0 radical (unpaired) electrons. The largest absolute Gasteiger partial charge is 0.493 e. The maximum absolute atomic E-state index is 11.5. The van der Waals surface area contributed by atoms with Gasteiger partial charge in [-0.3, -0.25) is 0 Å². The molecule has 0 aliphatic carbocycles. The lowest BCUT2D eigenvalue weighted by Gasteiger charge is -2.13. The molecule has 4 nitrogen and oxygen atoms in total. The van der Waals surface area contributed by atoms with Gasteiger partial charge in [0.05, 0.1) is 11.6 Å². The number of rotatable bonds is 5. The van der Waals surface area contributed by atoms with Crippen LogP contribution in [0.25, 0.3) is 11.0 Å². The van der Waals surface area contributed by atoms with E-state index in [1.165, 1.54) is 6.07 Å². The fourth-order valence-electron chi connectivity index (χ4n) is 2.51. The Morgan fingerprint density at radius 3 is 2.67 bits per heavy atom. The molecule has 0 atom stereocenters. The number of aryl methyl sites for hydroxylation is 1. The van der Waals surface area contributed by atoms with E-state index < -0.39 is 5.63 Å². The van der Waals surface area contributed by atoms with Gasteiger partial charge in [-0.05, 0) is 31.5 Å². The van der Waals surface area contributed by atoms with Gasteiger partial charge in [-0.25, -0.2) is 4.79 Å². The molecule has 0 fully saturated rings. The lowest BCUT2D eigenvalue weighted by atomic mass is 10.1. The molecule has 0 bridgehead atoms. The third-order valence-electron chi connectivity index (χ3n) is 3.66. The number of benzene rings is 2. The fraction of sp³-hybridized carbons (Fsp3) is 0.211. The van der Waals surface area contributed by atoms with E-state index in [9.17, 15) is 4.79 Å². The fourth-order valence-corrected chi connectivity index (χ4v) is 2.72. The highest BCUT2D eigenvalue weighted by molar-refractivity contribution is 6.32. The third kappa shape index (κ3) is 3.39. The lowest BCUT2D eigenvalue weighted by molar-refractivity contribution is 0.286. The Morgan fingerprint density at radius 1 is 1.08 bits per heavy atom. The third-order valence-corrected chi connectivity index (χ3v) is 3.95. The number of fused-ring (bicyclic) bond motifs is 1. The number of para-hydroxylation sites is 1. The molecule has 5 heteroatoms. The number of ether oxygens (including phenoxy) is 2. The first-order valence-corrected chi connectivity index (χ1v) is 8.03. The molecule has 0 amide bonds. The van der Waals surface area contributed by atoms with Gasteiger partial charge in [0, 0.05) is 23.1 Å². The van der Waals surface area contributed by atoms with Crippen LogP contribution in [0.3, 0.4) is 0 Å². The average Bonchev–Trinajstić information content (AvgIpc) is 2.55. The maximum Gasteiger partial charge on any atom is 0.336 e. The summed E-state index contributed by atoms with van der Waals surface area (Å²) in [4.78, 5) is 11.5. The molecule has 0 unspecified atom stereocenters. The van der Waals surface area contributed by atoms with E-state index >= 15 is 0 Å². The van der Waals surface area contributed by atoms with Crippen molar-refractivity contribution in [3.05, 3.63) is 69.0 Å². The first-order valence-electron chi connectivity index (χ1n) is 7.66. The zero-order chi connectivity index (χ0) is 17.1. The molecule has 0 saturated carbocycles. The summed E-state index contributed by atoms with van der Waals surface area (Å²) >= 11 is 6.31. The van der Waals surface area contributed by atoms with Crippen LogP contribution < -0.4 is 15.1 Å². The molecule has 0 saturated heterocycles. The first kappa shape index (κ1) is 16.4. The van der Waals surface area contributed by atoms with E-state index in [1.807, 2.05) is 38.1 Å². The van der Waals surface area contributed by atoms with Crippen LogP contribution in [-0.2, 0) is 6.61 Å². The minimum absolute atomic E-state index is 0.303. The van der Waals surface area contributed by atoms with Gasteiger partial charge in [0.1, 0.15) is 23.7 Å². The van der Waals surface area contributed by atoms with E-state index in [1.54, 1.807) is 12.1 Å². The van der Waals surface area contributed by atoms with Crippen molar-refractivity contribution in [1.82, 2.24) is 0 Å². The molecule has 0 aliphatic heterocycles. The van der Waals surface area contributed by atoms with E-state index in [0.717, 1.165) is 22.3 Å². The molecule has 24 heavy (non-hydrogen) atoms. The summed E-state index contributed by atoms with van der Waals surface area (Å²) in [6, 6.07) is 12.5. The van der Waals surface area contributed by atoms with Crippen molar-refractivity contribution in [2.45, 2.75) is 20.5 Å². The number of halogens is 1. The topological polar surface area (TPSA) is 48.7 Å². The van der Waals surface area contributed by atoms with E-state index in [0.29, 0.717) is 29.6 Å². The average molecular weight is 345 g/mol. The Bertz CT molecular complexity index is 930. The van der Waals surface area contributed by atoms with Crippen LogP contribution in [0.5, 0.6) is 11.5 Å². The lowest BCUT2D eigenvalue weighted by Crippen LogP contribution is -2.02. The van der Waals surface area contributed by atoms with Gasteiger partial charge in [0.2, 0.25) is 0 Å². The van der Waals surface area contributed by atoms with Crippen molar-refractivity contribution >= 4 is 22.6 Å². The summed E-state index contributed by atoms with van der Waals surface area (Å²) in [5.41, 5.74) is 1.80. The summed E-state index contributed by atoms with van der Waals surface area (Å²) in [7, 11) is 0. The van der Waals surface area contributed by atoms with E-state index in [2.05, 4.69) is 0 Å². The normalized spacial score (nSPS) is 10.8. The van der Waals surface area contributed by atoms with Crippen LogP contribution in [0.1, 0.15) is 18.1 Å². The molecule has 1 heterocycles. The van der Waals surface area contributed by atoms with Crippen molar-refractivity contribution in [3.63, 3.8) is 0 Å². The van der Waals surface area contributed by atoms with Gasteiger partial charge in [-0.2, -0.15) is 0 Å². The van der Waals surface area contributed by atoms with Crippen molar-refractivity contribution < 1.29 is 13.9 Å². The maximum atomic E-state index is 11.5. The van der Waals surface area contributed by atoms with Gasteiger partial charge in [-0.15, -0.1) is 0 Å². The minimum atomic E-state index is -0.394. The van der Waals surface area contributed by atoms with Crippen LogP contribution in [-0.4, -0.2) is 6.61 Å². The Kier molecular flexibility index (Phi) is 4.76. The van der Waals surface area contributed by atoms with Gasteiger partial charge in [0.25, 0.3) is 0 Å². The standard InChI is InChI=1S/C19H17ClO4/c1-3-22-16-7-5-4-6-13(16)11-23-18-10-17-14(9-15(18)20)12(2)8-19(21)24-17/h4-10H,3,11H2,1-2H3. The molecule has 1 aromatic heterocycles. The quantitative estimate of drug-likeness (QED) is 0.628. The second kappa shape index (κ2) is 6.97. The van der Waals surface area contributed by atoms with Crippen LogP contribution in [0, 0.1) is 6.92 Å².